The van der Waals surface area contributed by atoms with E-state index in [2.05, 4.69) is 18.7 Å². The molecule has 0 radical (unpaired) electrons. The number of rotatable bonds is 5. The molecule has 12 heavy (non-hydrogen) atoms. The summed E-state index contributed by atoms with van der Waals surface area (Å²) in [5, 5.41) is 0. The molecule has 0 aliphatic carbocycles. The minimum absolute atomic E-state index is 0.0740. The van der Waals surface area contributed by atoms with Crippen LogP contribution in [0.2, 0.25) is 0 Å². The fraction of sp³-hybridized carbons (Fsp3) is 0.900. The molecule has 0 saturated heterocycles. The van der Waals surface area contributed by atoms with Gasteiger partial charge in [0.2, 0.25) is 0 Å². The highest BCUT2D eigenvalue weighted by atomic mass is 16.1. The normalized spacial score (nSPS) is 16.2. The van der Waals surface area contributed by atoms with Gasteiger partial charge in [-0.25, -0.2) is 0 Å². The molecule has 0 bridgehead atoms. The Bertz CT molecular complexity index is 145. The van der Waals surface area contributed by atoms with Crippen LogP contribution >= 0.6 is 0 Å². The number of likely N-dealkylation sites (N-methyl/N-ethyl adjacent to an activating group) is 1. The maximum Gasteiger partial charge on any atom is 0.152 e. The highest BCUT2D eigenvalue weighted by molar-refractivity contribution is 5.85. The lowest BCUT2D eigenvalue weighted by atomic mass is 9.98. The van der Waals surface area contributed by atoms with Crippen molar-refractivity contribution >= 4 is 5.78 Å². The van der Waals surface area contributed by atoms with E-state index >= 15 is 0 Å². The van der Waals surface area contributed by atoms with Gasteiger partial charge in [-0.15, -0.1) is 0 Å². The monoisotopic (exact) mass is 171 g/mol. The van der Waals surface area contributed by atoms with Gasteiger partial charge in [0.1, 0.15) is 0 Å². The van der Waals surface area contributed by atoms with Crippen LogP contribution in [-0.4, -0.2) is 30.3 Å². The molecular formula is C10H21NO. The third kappa shape index (κ3) is 2.94. The molecule has 2 unspecified atom stereocenters. The Labute approximate surface area is 75.9 Å². The average Bonchev–Trinajstić information content (AvgIpc) is 2.12. The number of Topliss-reactive ketones (excluding diaryl/α,β-unsaturated/α-hetero) is 1. The second-order valence-electron chi connectivity index (χ2n) is 3.46. The minimum atomic E-state index is 0.0740. The minimum Gasteiger partial charge on any atom is -0.298 e. The van der Waals surface area contributed by atoms with Crippen LogP contribution in [0.25, 0.3) is 0 Å². The molecular weight excluding hydrogens is 150 g/mol. The molecule has 0 N–H and O–H groups in total. The molecule has 0 rings (SSSR count). The molecule has 0 saturated carbocycles. The molecule has 0 aliphatic heterocycles. The van der Waals surface area contributed by atoms with Crippen molar-refractivity contribution < 1.29 is 4.79 Å². The summed E-state index contributed by atoms with van der Waals surface area (Å²) in [4.78, 5) is 13.7. The first-order chi connectivity index (χ1) is 5.54. The highest BCUT2D eigenvalue weighted by Gasteiger charge is 2.20. The first-order valence-electron chi connectivity index (χ1n) is 4.78. The van der Waals surface area contributed by atoms with E-state index in [9.17, 15) is 4.79 Å². The van der Waals surface area contributed by atoms with Crippen LogP contribution in [0.1, 0.15) is 34.1 Å². The van der Waals surface area contributed by atoms with Gasteiger partial charge >= 0.3 is 0 Å². The topological polar surface area (TPSA) is 20.3 Å². The molecule has 2 heteroatoms. The van der Waals surface area contributed by atoms with Crippen molar-refractivity contribution in [3.63, 3.8) is 0 Å². The summed E-state index contributed by atoms with van der Waals surface area (Å²) in [5.41, 5.74) is 0. The van der Waals surface area contributed by atoms with Crippen LogP contribution in [0.5, 0.6) is 0 Å². The summed E-state index contributed by atoms with van der Waals surface area (Å²) in [6.07, 6.45) is 0.945. The zero-order valence-corrected chi connectivity index (χ0v) is 8.92. The van der Waals surface area contributed by atoms with Crippen molar-refractivity contribution in [1.82, 2.24) is 4.90 Å². The molecule has 0 aromatic heterocycles. The number of hydrogen-bond acceptors (Lipinski definition) is 2. The lowest BCUT2D eigenvalue weighted by Crippen LogP contribution is -2.38. The predicted molar refractivity (Wildman–Crippen MR) is 52.2 cm³/mol. The summed E-state index contributed by atoms with van der Waals surface area (Å²) in [5.74, 6) is 0.566. The van der Waals surface area contributed by atoms with Crippen LogP contribution in [0, 0.1) is 5.92 Å². The molecule has 0 heterocycles. The van der Waals surface area contributed by atoms with Crippen molar-refractivity contribution in [3.8, 4) is 0 Å². The molecule has 0 aromatic rings. The molecule has 0 spiro atoms. The van der Waals surface area contributed by atoms with E-state index in [0.29, 0.717) is 5.78 Å². The second-order valence-corrected chi connectivity index (χ2v) is 3.46. The van der Waals surface area contributed by atoms with Crippen LogP contribution in [0.15, 0.2) is 0 Å². The average molecular weight is 171 g/mol. The van der Waals surface area contributed by atoms with Gasteiger partial charge in [0.05, 0.1) is 6.04 Å². The molecule has 72 valence electrons. The fourth-order valence-electron chi connectivity index (χ4n) is 1.10. The summed E-state index contributed by atoms with van der Waals surface area (Å²) >= 11 is 0. The van der Waals surface area contributed by atoms with Crippen molar-refractivity contribution in [2.24, 2.45) is 5.92 Å². The molecule has 2 atom stereocenters. The number of hydrogen-bond donors (Lipinski definition) is 0. The lowest BCUT2D eigenvalue weighted by molar-refractivity contribution is -0.126. The van der Waals surface area contributed by atoms with Gasteiger partial charge in [0, 0.05) is 5.92 Å². The number of ketones is 1. The Hall–Kier alpha value is -0.370. The Morgan fingerprint density at radius 2 is 1.83 bits per heavy atom. The van der Waals surface area contributed by atoms with E-state index in [1.807, 2.05) is 20.9 Å². The van der Waals surface area contributed by atoms with Crippen LogP contribution < -0.4 is 0 Å². The van der Waals surface area contributed by atoms with E-state index in [0.717, 1.165) is 13.0 Å². The van der Waals surface area contributed by atoms with Gasteiger partial charge in [-0.1, -0.05) is 20.8 Å². The van der Waals surface area contributed by atoms with Gasteiger partial charge in [-0.05, 0) is 26.9 Å². The van der Waals surface area contributed by atoms with Crippen LogP contribution in [-0.2, 0) is 4.79 Å². The zero-order chi connectivity index (χ0) is 9.72. The van der Waals surface area contributed by atoms with Crippen molar-refractivity contribution in [2.75, 3.05) is 13.6 Å². The predicted octanol–water partition coefficient (Wildman–Crippen LogP) is 1.94. The second kappa shape index (κ2) is 5.31. The van der Waals surface area contributed by atoms with E-state index in [1.54, 1.807) is 0 Å². The van der Waals surface area contributed by atoms with Gasteiger partial charge in [0.25, 0.3) is 0 Å². The van der Waals surface area contributed by atoms with Gasteiger partial charge in [-0.2, -0.15) is 0 Å². The largest absolute Gasteiger partial charge is 0.298 e. The molecule has 0 amide bonds. The highest BCUT2D eigenvalue weighted by Crippen LogP contribution is 2.08. The first-order valence-corrected chi connectivity index (χ1v) is 4.78. The van der Waals surface area contributed by atoms with E-state index in [-0.39, 0.29) is 12.0 Å². The smallest absolute Gasteiger partial charge is 0.152 e. The number of carbonyl (C=O) groups is 1. The van der Waals surface area contributed by atoms with E-state index in [1.165, 1.54) is 0 Å². The Balaban J connectivity index is 4.09. The summed E-state index contributed by atoms with van der Waals surface area (Å²) in [7, 11) is 1.99. The van der Waals surface area contributed by atoms with Crippen molar-refractivity contribution in [2.45, 2.75) is 40.2 Å². The van der Waals surface area contributed by atoms with Gasteiger partial charge in [0.15, 0.2) is 5.78 Å². The van der Waals surface area contributed by atoms with Crippen LogP contribution in [0.3, 0.4) is 0 Å². The third-order valence-electron chi connectivity index (χ3n) is 2.67. The molecule has 0 fully saturated rings. The van der Waals surface area contributed by atoms with Crippen molar-refractivity contribution in [3.05, 3.63) is 0 Å². The fourth-order valence-corrected chi connectivity index (χ4v) is 1.10. The quantitative estimate of drug-likeness (QED) is 0.630. The summed E-state index contributed by atoms with van der Waals surface area (Å²) < 4.78 is 0. The number of carbonyl (C=O) groups excluding carboxylic acids is 1. The van der Waals surface area contributed by atoms with E-state index < -0.39 is 0 Å². The molecule has 2 nitrogen and oxygen atoms in total. The SMILES string of the molecule is CCC(C)C(=O)C(C)N(C)CC. The summed E-state index contributed by atoms with van der Waals surface area (Å²) in [6, 6.07) is 0.0740. The van der Waals surface area contributed by atoms with Crippen LogP contribution in [0.4, 0.5) is 0 Å². The lowest BCUT2D eigenvalue weighted by Gasteiger charge is -2.23. The molecule has 0 aliphatic rings. The molecule has 0 aromatic carbocycles. The maximum atomic E-state index is 11.6. The number of nitrogens with zero attached hydrogens (tertiary/aromatic N) is 1. The van der Waals surface area contributed by atoms with Crippen molar-refractivity contribution in [1.29, 1.82) is 0 Å². The first kappa shape index (κ1) is 11.6. The summed E-state index contributed by atoms with van der Waals surface area (Å²) in [6.45, 7) is 9.05. The van der Waals surface area contributed by atoms with E-state index in [4.69, 9.17) is 0 Å². The standard InChI is InChI=1S/C10H21NO/c1-6-8(3)10(12)9(4)11(5)7-2/h8-9H,6-7H2,1-5H3. The Morgan fingerprint density at radius 1 is 1.33 bits per heavy atom. The van der Waals surface area contributed by atoms with Gasteiger partial charge in [-0.3, -0.25) is 9.69 Å². The van der Waals surface area contributed by atoms with Gasteiger partial charge < -0.3 is 0 Å². The zero-order valence-electron chi connectivity index (χ0n) is 8.92. The third-order valence-corrected chi connectivity index (χ3v) is 2.67. The maximum absolute atomic E-state index is 11.6. The Morgan fingerprint density at radius 3 is 2.17 bits per heavy atom. The Kier molecular flexibility index (Phi) is 5.14.